The molecule has 0 spiro atoms. The Kier molecular flexibility index (Phi) is 4.62. The lowest BCUT2D eigenvalue weighted by molar-refractivity contribution is -0.137. The molecule has 1 amide bonds. The maximum atomic E-state index is 13.1. The fourth-order valence-electron chi connectivity index (χ4n) is 2.93. The van der Waals surface area contributed by atoms with Crippen molar-refractivity contribution in [1.82, 2.24) is 14.8 Å². The van der Waals surface area contributed by atoms with Crippen molar-refractivity contribution in [3.05, 3.63) is 70.4 Å². The summed E-state index contributed by atoms with van der Waals surface area (Å²) in [5.41, 5.74) is 0.985. The van der Waals surface area contributed by atoms with Crippen LogP contribution in [0.25, 0.3) is 15.9 Å². The van der Waals surface area contributed by atoms with Crippen LogP contribution in [0, 0.1) is 13.8 Å². The molecule has 0 bridgehead atoms. The molecule has 0 atom stereocenters. The molecular weight excluding hydrogens is 401 g/mol. The normalized spacial score (nSPS) is 11.8. The average molecular weight is 416 g/mol. The monoisotopic (exact) mass is 416 g/mol. The highest BCUT2D eigenvalue weighted by molar-refractivity contribution is 7.20. The third-order valence-electron chi connectivity index (χ3n) is 4.43. The molecule has 29 heavy (non-hydrogen) atoms. The molecule has 0 radical (unpaired) electrons. The summed E-state index contributed by atoms with van der Waals surface area (Å²) < 4.78 is 40.6. The van der Waals surface area contributed by atoms with E-state index in [0.717, 1.165) is 23.1 Å². The molecule has 9 heteroatoms. The fraction of sp³-hybridized carbons (Fsp3) is 0.150. The molecule has 0 aliphatic carbocycles. The second-order valence-electron chi connectivity index (χ2n) is 6.50. The van der Waals surface area contributed by atoms with E-state index in [9.17, 15) is 18.0 Å². The highest BCUT2D eigenvalue weighted by Crippen LogP contribution is 2.34. The van der Waals surface area contributed by atoms with Crippen LogP contribution in [-0.4, -0.2) is 20.7 Å². The number of hydrogen-bond donors (Lipinski definition) is 1. The third kappa shape index (κ3) is 3.61. The smallest absolute Gasteiger partial charge is 0.306 e. The van der Waals surface area contributed by atoms with Crippen LogP contribution in [0.2, 0.25) is 0 Å². The summed E-state index contributed by atoms with van der Waals surface area (Å²) in [4.78, 5) is 17.8. The Morgan fingerprint density at radius 2 is 1.93 bits per heavy atom. The average Bonchev–Trinajstić information content (AvgIpc) is 3.24. The van der Waals surface area contributed by atoms with E-state index in [1.807, 2.05) is 13.0 Å². The number of thiophene rings is 1. The molecule has 1 aromatic carbocycles. The van der Waals surface area contributed by atoms with Gasteiger partial charge in [0.2, 0.25) is 0 Å². The van der Waals surface area contributed by atoms with Crippen LogP contribution in [0.4, 0.5) is 19.0 Å². The van der Waals surface area contributed by atoms with Crippen molar-refractivity contribution < 1.29 is 18.0 Å². The van der Waals surface area contributed by atoms with Crippen LogP contribution in [0.5, 0.6) is 0 Å². The molecule has 4 aromatic rings. The van der Waals surface area contributed by atoms with Gasteiger partial charge in [0.25, 0.3) is 5.91 Å². The largest absolute Gasteiger partial charge is 0.416 e. The maximum Gasteiger partial charge on any atom is 0.416 e. The van der Waals surface area contributed by atoms with E-state index in [0.29, 0.717) is 21.2 Å². The number of anilines is 1. The van der Waals surface area contributed by atoms with Crippen molar-refractivity contribution >= 4 is 33.3 Å². The number of pyridine rings is 1. The molecule has 0 saturated heterocycles. The molecule has 1 N–H and O–H groups in total. The lowest BCUT2D eigenvalue weighted by Crippen LogP contribution is -2.12. The van der Waals surface area contributed by atoms with Gasteiger partial charge < -0.3 is 5.32 Å². The molecule has 0 aliphatic heterocycles. The number of nitrogens with one attached hydrogen (secondary N) is 1. The molecule has 148 valence electrons. The van der Waals surface area contributed by atoms with Gasteiger partial charge in [-0.1, -0.05) is 12.1 Å². The molecule has 3 heterocycles. The number of aryl methyl sites for hydroxylation is 2. The van der Waals surface area contributed by atoms with E-state index in [4.69, 9.17) is 0 Å². The zero-order valence-electron chi connectivity index (χ0n) is 15.4. The molecule has 4 rings (SSSR count). The van der Waals surface area contributed by atoms with Crippen molar-refractivity contribution in [2.75, 3.05) is 5.32 Å². The quantitative estimate of drug-likeness (QED) is 0.488. The first-order valence-corrected chi connectivity index (χ1v) is 9.45. The van der Waals surface area contributed by atoms with Crippen LogP contribution in [-0.2, 0) is 6.18 Å². The highest BCUT2D eigenvalue weighted by Gasteiger charge is 2.31. The molecule has 0 unspecified atom stereocenters. The molecule has 3 aromatic heterocycles. The number of halogens is 3. The molecule has 0 saturated carbocycles. The van der Waals surface area contributed by atoms with E-state index in [1.54, 1.807) is 31.3 Å². The first kappa shape index (κ1) is 19.1. The summed E-state index contributed by atoms with van der Waals surface area (Å²) in [6.45, 7) is 3.59. The summed E-state index contributed by atoms with van der Waals surface area (Å²) in [6, 6.07) is 10.3. The number of nitrogens with zero attached hydrogens (tertiary/aromatic N) is 3. The van der Waals surface area contributed by atoms with Gasteiger partial charge in [0, 0.05) is 11.6 Å². The minimum atomic E-state index is -4.45. The minimum Gasteiger partial charge on any atom is -0.306 e. The Balaban J connectivity index is 1.73. The number of benzene rings is 1. The second kappa shape index (κ2) is 7.00. The molecular formula is C20H15F3N4OS. The van der Waals surface area contributed by atoms with E-state index < -0.39 is 11.7 Å². The number of alkyl halides is 3. The van der Waals surface area contributed by atoms with Gasteiger partial charge in [-0.25, -0.2) is 9.67 Å². The van der Waals surface area contributed by atoms with Gasteiger partial charge in [-0.15, -0.1) is 11.3 Å². The lowest BCUT2D eigenvalue weighted by atomic mass is 10.2. The van der Waals surface area contributed by atoms with Crippen molar-refractivity contribution in [3.8, 4) is 5.69 Å². The molecule has 5 nitrogen and oxygen atoms in total. The zero-order valence-corrected chi connectivity index (χ0v) is 16.2. The number of aromatic nitrogens is 3. The molecule has 0 fully saturated rings. The summed E-state index contributed by atoms with van der Waals surface area (Å²) in [5.74, 6) is 0.133. The van der Waals surface area contributed by atoms with Crippen molar-refractivity contribution in [2.45, 2.75) is 20.0 Å². The topological polar surface area (TPSA) is 59.8 Å². The van der Waals surface area contributed by atoms with Crippen LogP contribution in [0.3, 0.4) is 0 Å². The van der Waals surface area contributed by atoms with E-state index >= 15 is 0 Å². The summed E-state index contributed by atoms with van der Waals surface area (Å²) in [6.07, 6.45) is -2.86. The van der Waals surface area contributed by atoms with Crippen molar-refractivity contribution in [2.24, 2.45) is 0 Å². The van der Waals surface area contributed by atoms with Crippen molar-refractivity contribution in [1.29, 1.82) is 0 Å². The van der Waals surface area contributed by atoms with Gasteiger partial charge >= 0.3 is 6.18 Å². The number of carbonyl (C=O) groups excluding carboxylic acids is 1. The van der Waals surface area contributed by atoms with E-state index in [1.165, 1.54) is 22.1 Å². The predicted molar refractivity (Wildman–Crippen MR) is 106 cm³/mol. The van der Waals surface area contributed by atoms with Crippen LogP contribution in [0.1, 0.15) is 26.5 Å². The van der Waals surface area contributed by atoms with E-state index in [2.05, 4.69) is 15.4 Å². The van der Waals surface area contributed by atoms with Gasteiger partial charge in [-0.05, 0) is 49.7 Å². The number of hydrogen-bond acceptors (Lipinski definition) is 4. The Morgan fingerprint density at radius 3 is 2.66 bits per heavy atom. The number of carbonyl (C=O) groups is 1. The second-order valence-corrected chi connectivity index (χ2v) is 7.53. The number of amides is 1. The van der Waals surface area contributed by atoms with Gasteiger partial charge in [0.05, 0.1) is 21.8 Å². The third-order valence-corrected chi connectivity index (χ3v) is 5.54. The van der Waals surface area contributed by atoms with Gasteiger partial charge in [-0.2, -0.15) is 18.3 Å². The van der Waals surface area contributed by atoms with Crippen LogP contribution in [0.15, 0.2) is 48.7 Å². The number of rotatable bonds is 3. The minimum absolute atomic E-state index is 0.285. The van der Waals surface area contributed by atoms with Crippen LogP contribution < -0.4 is 5.32 Å². The molecule has 0 aliphatic rings. The summed E-state index contributed by atoms with van der Waals surface area (Å²) >= 11 is 1.17. The fourth-order valence-corrected chi connectivity index (χ4v) is 4.01. The number of fused-ring (bicyclic) bond motifs is 1. The zero-order chi connectivity index (χ0) is 20.8. The predicted octanol–water partition coefficient (Wildman–Crippen LogP) is 5.37. The van der Waals surface area contributed by atoms with Gasteiger partial charge in [0.1, 0.15) is 10.6 Å². The Hall–Kier alpha value is -3.20. The lowest BCUT2D eigenvalue weighted by Gasteiger charge is -2.09. The van der Waals surface area contributed by atoms with Gasteiger partial charge in [-0.3, -0.25) is 4.79 Å². The summed E-state index contributed by atoms with van der Waals surface area (Å²) in [5, 5.41) is 7.84. The maximum absolute atomic E-state index is 13.1. The van der Waals surface area contributed by atoms with Crippen LogP contribution >= 0.6 is 11.3 Å². The first-order valence-electron chi connectivity index (χ1n) is 8.64. The van der Waals surface area contributed by atoms with Crippen molar-refractivity contribution in [3.63, 3.8) is 0 Å². The van der Waals surface area contributed by atoms with Gasteiger partial charge in [0.15, 0.2) is 0 Å². The SMILES string of the molecule is Cc1cccnc1NC(=O)c1cc2c(C)nn(-c3cccc(C(F)(F)F)c3)c2s1. The highest BCUT2D eigenvalue weighted by atomic mass is 32.1. The standard InChI is InChI=1S/C20H15F3N4OS/c1-11-5-4-8-24-17(11)25-18(28)16-10-15-12(2)26-27(19(15)29-16)14-7-3-6-13(9-14)20(21,22)23/h3-10H,1-2H3,(H,24,25,28). The summed E-state index contributed by atoms with van der Waals surface area (Å²) in [7, 11) is 0. The Morgan fingerprint density at radius 1 is 1.14 bits per heavy atom. The first-order chi connectivity index (χ1) is 13.7. The Labute approximate surface area is 167 Å². The van der Waals surface area contributed by atoms with E-state index in [-0.39, 0.29) is 11.6 Å². The Bertz CT molecular complexity index is 1230.